The summed E-state index contributed by atoms with van der Waals surface area (Å²) in [5, 5.41) is 9.70. The Hall–Kier alpha value is -1.66. The molecule has 1 aromatic carbocycles. The van der Waals surface area contributed by atoms with Crippen molar-refractivity contribution in [3.05, 3.63) is 46.1 Å². The summed E-state index contributed by atoms with van der Waals surface area (Å²) in [5.41, 5.74) is 1.55. The van der Waals surface area contributed by atoms with E-state index in [1.807, 2.05) is 37.2 Å². The number of aromatic amines is 1. The Morgan fingerprint density at radius 2 is 2.05 bits per heavy atom. The molecule has 0 saturated heterocycles. The van der Waals surface area contributed by atoms with E-state index in [1.54, 1.807) is 12.1 Å². The van der Waals surface area contributed by atoms with Gasteiger partial charge in [0, 0.05) is 22.6 Å². The lowest BCUT2D eigenvalue weighted by molar-refractivity contribution is 0.102. The fourth-order valence-corrected chi connectivity index (χ4v) is 1.90. The van der Waals surface area contributed by atoms with Crippen molar-refractivity contribution < 1.29 is 4.79 Å². The van der Waals surface area contributed by atoms with Crippen molar-refractivity contribution in [3.63, 3.8) is 0 Å². The monoisotopic (exact) mass is 322 g/mol. The summed E-state index contributed by atoms with van der Waals surface area (Å²) in [5.74, 6) is 0.361. The van der Waals surface area contributed by atoms with Crippen LogP contribution in [0.15, 0.2) is 34.8 Å². The summed E-state index contributed by atoms with van der Waals surface area (Å²) in [6.07, 6.45) is 0. The van der Waals surface area contributed by atoms with Crippen LogP contribution >= 0.6 is 15.9 Å². The van der Waals surface area contributed by atoms with Crippen LogP contribution in [0.25, 0.3) is 0 Å². The summed E-state index contributed by atoms with van der Waals surface area (Å²) in [4.78, 5) is 14.0. The molecule has 0 spiro atoms. The standard InChI is InChI=1S/C13H15BrN4O/c1-18(2)8-11-7-12(17-16-11)15-13(19)9-3-5-10(14)6-4-9/h3-7H,8H2,1-2H3,(H2,15,16,17,19). The maximum atomic E-state index is 12.0. The second-order valence-corrected chi connectivity index (χ2v) is 5.39. The van der Waals surface area contributed by atoms with Crippen molar-refractivity contribution in [3.8, 4) is 0 Å². The zero-order valence-corrected chi connectivity index (χ0v) is 12.4. The highest BCUT2D eigenvalue weighted by molar-refractivity contribution is 9.10. The number of amides is 1. The third-order valence-corrected chi connectivity index (χ3v) is 2.99. The first-order valence-corrected chi connectivity index (χ1v) is 6.60. The van der Waals surface area contributed by atoms with Gasteiger partial charge in [-0.3, -0.25) is 9.89 Å². The Kier molecular flexibility index (Phi) is 4.34. The van der Waals surface area contributed by atoms with Crippen molar-refractivity contribution in [2.24, 2.45) is 0 Å². The predicted molar refractivity (Wildman–Crippen MR) is 78.1 cm³/mol. The van der Waals surface area contributed by atoms with E-state index in [0.29, 0.717) is 11.4 Å². The van der Waals surface area contributed by atoms with Gasteiger partial charge in [0.15, 0.2) is 5.82 Å². The van der Waals surface area contributed by atoms with Crippen LogP contribution in [0.4, 0.5) is 5.82 Å². The van der Waals surface area contributed by atoms with E-state index >= 15 is 0 Å². The van der Waals surface area contributed by atoms with Gasteiger partial charge < -0.3 is 10.2 Å². The molecule has 0 fully saturated rings. The number of halogens is 1. The highest BCUT2D eigenvalue weighted by Crippen LogP contribution is 2.13. The molecule has 0 radical (unpaired) electrons. The SMILES string of the molecule is CN(C)Cc1cc(NC(=O)c2ccc(Br)cc2)n[nH]1. The number of nitrogens with one attached hydrogen (secondary N) is 2. The van der Waals surface area contributed by atoms with Crippen LogP contribution in [0.2, 0.25) is 0 Å². The summed E-state index contributed by atoms with van der Waals surface area (Å²) >= 11 is 3.33. The molecule has 1 aromatic heterocycles. The molecule has 5 nitrogen and oxygen atoms in total. The molecule has 0 aliphatic rings. The molecule has 1 heterocycles. The number of carbonyl (C=O) groups is 1. The quantitative estimate of drug-likeness (QED) is 0.909. The van der Waals surface area contributed by atoms with Gasteiger partial charge in [-0.1, -0.05) is 15.9 Å². The first kappa shape index (κ1) is 13.8. The lowest BCUT2D eigenvalue weighted by Crippen LogP contribution is -2.12. The van der Waals surface area contributed by atoms with Crippen molar-refractivity contribution in [2.75, 3.05) is 19.4 Å². The van der Waals surface area contributed by atoms with Crippen LogP contribution in [0.3, 0.4) is 0 Å². The van der Waals surface area contributed by atoms with Gasteiger partial charge in [0.2, 0.25) is 0 Å². The summed E-state index contributed by atoms with van der Waals surface area (Å²) in [7, 11) is 3.95. The lowest BCUT2D eigenvalue weighted by atomic mass is 10.2. The number of anilines is 1. The van der Waals surface area contributed by atoms with Crippen LogP contribution in [0, 0.1) is 0 Å². The summed E-state index contributed by atoms with van der Waals surface area (Å²) in [6, 6.07) is 9.00. The van der Waals surface area contributed by atoms with Gasteiger partial charge >= 0.3 is 0 Å². The van der Waals surface area contributed by atoms with Crippen LogP contribution in [0.1, 0.15) is 16.1 Å². The van der Waals surface area contributed by atoms with Crippen LogP contribution < -0.4 is 5.32 Å². The highest BCUT2D eigenvalue weighted by atomic mass is 79.9. The van der Waals surface area contributed by atoms with Gasteiger partial charge in [-0.15, -0.1) is 0 Å². The first-order chi connectivity index (χ1) is 9.04. The molecule has 100 valence electrons. The summed E-state index contributed by atoms with van der Waals surface area (Å²) in [6.45, 7) is 0.751. The number of H-pyrrole nitrogens is 1. The molecule has 0 atom stereocenters. The van der Waals surface area contributed by atoms with Gasteiger partial charge in [0.25, 0.3) is 5.91 Å². The fourth-order valence-electron chi connectivity index (χ4n) is 1.64. The molecule has 0 aliphatic heterocycles. The second-order valence-electron chi connectivity index (χ2n) is 4.48. The molecule has 1 amide bonds. The predicted octanol–water partition coefficient (Wildman–Crippen LogP) is 2.49. The zero-order chi connectivity index (χ0) is 13.8. The van der Waals surface area contributed by atoms with Crippen molar-refractivity contribution in [1.29, 1.82) is 0 Å². The first-order valence-electron chi connectivity index (χ1n) is 5.80. The Morgan fingerprint density at radius 3 is 2.68 bits per heavy atom. The van der Waals surface area contributed by atoms with Gasteiger partial charge in [-0.2, -0.15) is 5.10 Å². The molecule has 0 saturated carbocycles. The largest absolute Gasteiger partial charge is 0.305 e. The highest BCUT2D eigenvalue weighted by Gasteiger charge is 2.08. The number of benzene rings is 1. The normalized spacial score (nSPS) is 10.7. The van der Waals surface area contributed by atoms with E-state index in [4.69, 9.17) is 0 Å². The zero-order valence-electron chi connectivity index (χ0n) is 10.8. The second kappa shape index (κ2) is 5.99. The molecular formula is C13H15BrN4O. The number of carbonyl (C=O) groups excluding carboxylic acids is 1. The topological polar surface area (TPSA) is 61.0 Å². The molecule has 0 unspecified atom stereocenters. The van der Waals surface area contributed by atoms with E-state index < -0.39 is 0 Å². The van der Waals surface area contributed by atoms with Crippen molar-refractivity contribution >= 4 is 27.7 Å². The summed E-state index contributed by atoms with van der Waals surface area (Å²) < 4.78 is 0.942. The van der Waals surface area contributed by atoms with Crippen molar-refractivity contribution in [1.82, 2.24) is 15.1 Å². The molecule has 0 aliphatic carbocycles. The van der Waals surface area contributed by atoms with Crippen LogP contribution in [-0.2, 0) is 6.54 Å². The lowest BCUT2D eigenvalue weighted by Gasteiger charge is -2.05. The van der Waals surface area contributed by atoms with E-state index in [1.165, 1.54) is 0 Å². The molecule has 2 aromatic rings. The van der Waals surface area contributed by atoms with Gasteiger partial charge in [-0.25, -0.2) is 0 Å². The Labute approximate surface area is 120 Å². The van der Waals surface area contributed by atoms with E-state index in [2.05, 4.69) is 31.4 Å². The number of rotatable bonds is 4. The Bertz CT molecular complexity index is 562. The average molecular weight is 323 g/mol. The molecule has 19 heavy (non-hydrogen) atoms. The van der Waals surface area contributed by atoms with E-state index in [0.717, 1.165) is 16.7 Å². The fraction of sp³-hybridized carbons (Fsp3) is 0.231. The number of hydrogen-bond donors (Lipinski definition) is 2. The maximum Gasteiger partial charge on any atom is 0.256 e. The minimum absolute atomic E-state index is 0.171. The minimum atomic E-state index is -0.171. The minimum Gasteiger partial charge on any atom is -0.305 e. The van der Waals surface area contributed by atoms with Gasteiger partial charge in [0.1, 0.15) is 0 Å². The molecule has 2 rings (SSSR count). The Morgan fingerprint density at radius 1 is 1.37 bits per heavy atom. The van der Waals surface area contributed by atoms with E-state index in [-0.39, 0.29) is 5.91 Å². The van der Waals surface area contributed by atoms with Gasteiger partial charge in [0.05, 0.1) is 5.69 Å². The average Bonchev–Trinajstić information content (AvgIpc) is 2.76. The number of hydrogen-bond acceptors (Lipinski definition) is 3. The molecule has 2 N–H and O–H groups in total. The number of nitrogens with zero attached hydrogens (tertiary/aromatic N) is 2. The van der Waals surface area contributed by atoms with Gasteiger partial charge in [-0.05, 0) is 38.4 Å². The smallest absolute Gasteiger partial charge is 0.256 e. The van der Waals surface area contributed by atoms with Crippen molar-refractivity contribution in [2.45, 2.75) is 6.54 Å². The van der Waals surface area contributed by atoms with Crippen LogP contribution in [0.5, 0.6) is 0 Å². The third kappa shape index (κ3) is 3.90. The van der Waals surface area contributed by atoms with Crippen LogP contribution in [-0.4, -0.2) is 35.1 Å². The Balaban J connectivity index is 2.02. The molecule has 0 bridgehead atoms. The molecular weight excluding hydrogens is 308 g/mol. The molecule has 6 heteroatoms. The third-order valence-electron chi connectivity index (χ3n) is 2.47. The van der Waals surface area contributed by atoms with E-state index in [9.17, 15) is 4.79 Å². The maximum absolute atomic E-state index is 12.0. The number of aromatic nitrogens is 2.